The lowest BCUT2D eigenvalue weighted by Crippen LogP contribution is -2.60. The van der Waals surface area contributed by atoms with Gasteiger partial charge in [-0.05, 0) is 56.3 Å². The van der Waals surface area contributed by atoms with Crippen molar-refractivity contribution in [1.29, 1.82) is 0 Å². The molecule has 0 aromatic heterocycles. The van der Waals surface area contributed by atoms with E-state index in [0.29, 0.717) is 5.56 Å². The molecule has 4 nitrogen and oxygen atoms in total. The van der Waals surface area contributed by atoms with Crippen LogP contribution in [0, 0.1) is 5.82 Å². The Balaban J connectivity index is 1.55. The highest BCUT2D eigenvalue weighted by Gasteiger charge is 2.41. The Kier molecular flexibility index (Phi) is 4.69. The van der Waals surface area contributed by atoms with Gasteiger partial charge in [-0.25, -0.2) is 4.39 Å². The number of benzene rings is 1. The Morgan fingerprint density at radius 3 is 2.83 bits per heavy atom. The fourth-order valence-corrected chi connectivity index (χ4v) is 3.56. The van der Waals surface area contributed by atoms with Crippen LogP contribution in [0.5, 0.6) is 0 Å². The van der Waals surface area contributed by atoms with Crippen molar-refractivity contribution < 1.29 is 14.0 Å². The smallest absolute Gasteiger partial charge is 0.287 e. The van der Waals surface area contributed by atoms with Crippen LogP contribution in [-0.2, 0) is 16.0 Å². The summed E-state index contributed by atoms with van der Waals surface area (Å²) in [5.41, 5.74) is 0.617. The van der Waals surface area contributed by atoms with Gasteiger partial charge in [-0.1, -0.05) is 17.7 Å². The standard InChI is InChI=1S/C17H20ClFN2O2/c18-13-3-2-11(8-14(13)19)9-15(22)16(23)21-12-4-7-20-17(10-12)5-1-6-17/h2-3,8,12,20H,1,4-7,9-10H2,(H,21,23). The molecule has 124 valence electrons. The minimum absolute atomic E-state index is 0.00570. The highest BCUT2D eigenvalue weighted by molar-refractivity contribution is 6.36. The van der Waals surface area contributed by atoms with Gasteiger partial charge in [0.15, 0.2) is 0 Å². The van der Waals surface area contributed by atoms with Gasteiger partial charge in [0.05, 0.1) is 5.02 Å². The zero-order valence-electron chi connectivity index (χ0n) is 12.8. The summed E-state index contributed by atoms with van der Waals surface area (Å²) in [5, 5.41) is 6.37. The van der Waals surface area contributed by atoms with E-state index >= 15 is 0 Å². The van der Waals surface area contributed by atoms with Crippen LogP contribution in [0.15, 0.2) is 18.2 Å². The van der Waals surface area contributed by atoms with Gasteiger partial charge in [-0.3, -0.25) is 9.59 Å². The third-order valence-electron chi connectivity index (χ3n) is 4.88. The van der Waals surface area contributed by atoms with Gasteiger partial charge in [0.2, 0.25) is 5.78 Å². The quantitative estimate of drug-likeness (QED) is 0.829. The van der Waals surface area contributed by atoms with Crippen molar-refractivity contribution in [1.82, 2.24) is 10.6 Å². The molecule has 1 atom stereocenters. The SMILES string of the molecule is O=C(Cc1ccc(Cl)c(F)c1)C(=O)NC1CCNC2(CCC2)C1. The van der Waals surface area contributed by atoms with Crippen molar-refractivity contribution in [3.8, 4) is 0 Å². The zero-order chi connectivity index (χ0) is 16.4. The van der Waals surface area contributed by atoms with E-state index < -0.39 is 17.5 Å². The van der Waals surface area contributed by atoms with Crippen LogP contribution >= 0.6 is 11.6 Å². The molecule has 1 amide bonds. The maximum absolute atomic E-state index is 13.4. The minimum Gasteiger partial charge on any atom is -0.347 e. The number of Topliss-reactive ketones (excluding diaryl/α,β-unsaturated/α-hetero) is 1. The Hall–Kier alpha value is -1.46. The minimum atomic E-state index is -0.582. The van der Waals surface area contributed by atoms with Gasteiger partial charge in [0.1, 0.15) is 5.82 Å². The van der Waals surface area contributed by atoms with E-state index in [2.05, 4.69) is 10.6 Å². The van der Waals surface area contributed by atoms with Gasteiger partial charge in [-0.15, -0.1) is 0 Å². The number of ketones is 1. The fraction of sp³-hybridized carbons (Fsp3) is 0.529. The summed E-state index contributed by atoms with van der Waals surface area (Å²) in [6.07, 6.45) is 5.08. The van der Waals surface area contributed by atoms with Crippen molar-refractivity contribution in [3.05, 3.63) is 34.6 Å². The molecular formula is C17H20ClFN2O2. The molecule has 1 saturated heterocycles. The molecule has 1 aromatic rings. The summed E-state index contributed by atoms with van der Waals surface area (Å²) in [6.45, 7) is 0.863. The number of hydrogen-bond acceptors (Lipinski definition) is 3. The number of carbonyl (C=O) groups excluding carboxylic acids is 2. The predicted molar refractivity (Wildman–Crippen MR) is 85.9 cm³/mol. The molecule has 1 spiro atoms. The summed E-state index contributed by atoms with van der Waals surface area (Å²) in [4.78, 5) is 24.1. The van der Waals surface area contributed by atoms with Gasteiger partial charge in [-0.2, -0.15) is 0 Å². The summed E-state index contributed by atoms with van der Waals surface area (Å²) < 4.78 is 13.4. The predicted octanol–water partition coefficient (Wildman–Crippen LogP) is 2.38. The van der Waals surface area contributed by atoms with Crippen LogP contribution in [0.1, 0.15) is 37.7 Å². The highest BCUT2D eigenvalue weighted by Crippen LogP contribution is 2.38. The number of piperidine rings is 1. The Labute approximate surface area is 139 Å². The molecule has 1 aliphatic carbocycles. The average molecular weight is 339 g/mol. The number of carbonyl (C=O) groups is 2. The number of halogens is 2. The summed E-state index contributed by atoms with van der Waals surface area (Å²) in [5.74, 6) is -1.71. The summed E-state index contributed by atoms with van der Waals surface area (Å²) in [6, 6.07) is 4.19. The van der Waals surface area contributed by atoms with E-state index in [-0.39, 0.29) is 23.0 Å². The summed E-state index contributed by atoms with van der Waals surface area (Å²) >= 11 is 5.61. The van der Waals surface area contributed by atoms with E-state index in [9.17, 15) is 14.0 Å². The molecule has 1 aliphatic heterocycles. The fourth-order valence-electron chi connectivity index (χ4n) is 3.45. The molecule has 1 unspecified atom stereocenters. The maximum Gasteiger partial charge on any atom is 0.287 e. The number of nitrogens with one attached hydrogen (secondary N) is 2. The second-order valence-corrected chi connectivity index (χ2v) is 6.98. The van der Waals surface area contributed by atoms with Crippen molar-refractivity contribution in [2.75, 3.05) is 6.54 Å². The molecular weight excluding hydrogens is 319 g/mol. The molecule has 2 fully saturated rings. The van der Waals surface area contributed by atoms with Crippen LogP contribution in [0.25, 0.3) is 0 Å². The Morgan fingerprint density at radius 2 is 2.17 bits per heavy atom. The van der Waals surface area contributed by atoms with Gasteiger partial charge >= 0.3 is 0 Å². The third-order valence-corrected chi connectivity index (χ3v) is 5.18. The van der Waals surface area contributed by atoms with Crippen LogP contribution in [-0.4, -0.2) is 29.8 Å². The highest BCUT2D eigenvalue weighted by atomic mass is 35.5. The molecule has 1 saturated carbocycles. The van der Waals surface area contributed by atoms with E-state index in [1.807, 2.05) is 0 Å². The van der Waals surface area contributed by atoms with Gasteiger partial charge in [0.25, 0.3) is 5.91 Å². The van der Waals surface area contributed by atoms with Crippen LogP contribution in [0.2, 0.25) is 5.02 Å². The van der Waals surface area contributed by atoms with E-state index in [1.54, 1.807) is 6.07 Å². The second-order valence-electron chi connectivity index (χ2n) is 6.57. The first-order chi connectivity index (χ1) is 11.0. The first kappa shape index (κ1) is 16.4. The monoisotopic (exact) mass is 338 g/mol. The molecule has 2 N–H and O–H groups in total. The van der Waals surface area contributed by atoms with Gasteiger partial charge in [0, 0.05) is 18.0 Å². The first-order valence-electron chi connectivity index (χ1n) is 8.00. The average Bonchev–Trinajstić information content (AvgIpc) is 2.49. The molecule has 1 aromatic carbocycles. The van der Waals surface area contributed by atoms with Crippen molar-refractivity contribution >= 4 is 23.3 Å². The third kappa shape index (κ3) is 3.72. The number of rotatable bonds is 4. The van der Waals surface area contributed by atoms with Crippen molar-refractivity contribution in [3.63, 3.8) is 0 Å². The molecule has 0 radical (unpaired) electrons. The van der Waals surface area contributed by atoms with Crippen LogP contribution in [0.3, 0.4) is 0 Å². The van der Waals surface area contributed by atoms with Gasteiger partial charge < -0.3 is 10.6 Å². The maximum atomic E-state index is 13.4. The lowest BCUT2D eigenvalue weighted by molar-refractivity contribution is -0.138. The molecule has 2 aliphatic rings. The topological polar surface area (TPSA) is 58.2 Å². The molecule has 23 heavy (non-hydrogen) atoms. The molecule has 0 bridgehead atoms. The van der Waals surface area contributed by atoms with Crippen molar-refractivity contribution in [2.45, 2.75) is 50.1 Å². The normalized spacial score (nSPS) is 22.4. The zero-order valence-corrected chi connectivity index (χ0v) is 13.6. The van der Waals surface area contributed by atoms with E-state index in [4.69, 9.17) is 11.6 Å². The van der Waals surface area contributed by atoms with E-state index in [0.717, 1.165) is 32.2 Å². The molecule has 3 rings (SSSR count). The molecule has 6 heteroatoms. The largest absolute Gasteiger partial charge is 0.347 e. The summed E-state index contributed by atoms with van der Waals surface area (Å²) in [7, 11) is 0. The second kappa shape index (κ2) is 6.57. The van der Waals surface area contributed by atoms with Crippen molar-refractivity contribution in [2.24, 2.45) is 0 Å². The van der Waals surface area contributed by atoms with Crippen LogP contribution < -0.4 is 10.6 Å². The lowest BCUT2D eigenvalue weighted by atomic mass is 9.70. The number of hydrogen-bond donors (Lipinski definition) is 2. The Morgan fingerprint density at radius 1 is 1.39 bits per heavy atom. The van der Waals surface area contributed by atoms with Crippen LogP contribution in [0.4, 0.5) is 4.39 Å². The van der Waals surface area contributed by atoms with E-state index in [1.165, 1.54) is 18.6 Å². The number of amides is 1. The molecule has 1 heterocycles. The first-order valence-corrected chi connectivity index (χ1v) is 8.38. The Bertz CT molecular complexity index is 631. The lowest BCUT2D eigenvalue weighted by Gasteiger charge is -2.48.